The maximum Gasteiger partial charge on any atom is 1.00 e. The molecule has 0 fully saturated rings. The average molecular weight is 2100 g/mol. The summed E-state index contributed by atoms with van der Waals surface area (Å²) >= 11 is 18.4. The second kappa shape index (κ2) is 62.0. The average Bonchev–Trinajstić information content (AvgIpc) is 1.27. The predicted molar refractivity (Wildman–Crippen MR) is 475 cm³/mol. The first-order chi connectivity index (χ1) is 40.1. The summed E-state index contributed by atoms with van der Waals surface area (Å²) in [5.74, 6) is 0. The van der Waals surface area contributed by atoms with Gasteiger partial charge >= 0.3 is 141 Å². The summed E-state index contributed by atoms with van der Waals surface area (Å²) < 4.78 is 8.02. The van der Waals surface area contributed by atoms with E-state index in [1.807, 2.05) is 28.1 Å². The molecule has 0 aliphatic carbocycles. The Hall–Kier alpha value is 3.54. The minimum atomic E-state index is -0.750. The summed E-state index contributed by atoms with van der Waals surface area (Å²) in [6.07, 6.45) is 6.97. The first kappa shape index (κ1) is 117. The van der Waals surface area contributed by atoms with Crippen LogP contribution in [0.4, 0.5) is 0 Å². The van der Waals surface area contributed by atoms with Gasteiger partial charge in [-0.25, -0.2) is 0 Å². The number of benzene rings is 4. The van der Waals surface area contributed by atoms with Crippen molar-refractivity contribution in [1.82, 2.24) is 0 Å². The van der Waals surface area contributed by atoms with Gasteiger partial charge in [0.05, 0.1) is 19.8 Å². The van der Waals surface area contributed by atoms with Crippen LogP contribution in [0.25, 0.3) is 0 Å². The van der Waals surface area contributed by atoms with Gasteiger partial charge in [0.25, 0.3) is 0 Å². The van der Waals surface area contributed by atoms with E-state index in [1.165, 1.54) is 57.4 Å². The fourth-order valence-corrected chi connectivity index (χ4v) is 10.3. The number of hydrogen-bond donors (Lipinski definition) is 2. The molecule has 4 aromatic rings. The van der Waals surface area contributed by atoms with Crippen molar-refractivity contribution < 1.29 is 71.3 Å². The summed E-state index contributed by atoms with van der Waals surface area (Å²) in [6, 6.07) is 36.8. The van der Waals surface area contributed by atoms with Crippen molar-refractivity contribution in [2.24, 2.45) is 31.4 Å². The number of aryl methyl sites for hydroxylation is 2. The molecule has 1 N–H and O–H groups in total. The van der Waals surface area contributed by atoms with E-state index in [4.69, 9.17) is 9.84 Å². The summed E-state index contributed by atoms with van der Waals surface area (Å²) in [7, 11) is 4.34. The third-order valence-electron chi connectivity index (χ3n) is 11.4. The molecule has 0 aliphatic heterocycles. The zero-order chi connectivity index (χ0) is 72.1. The van der Waals surface area contributed by atoms with Crippen LogP contribution in [0, 0.1) is 40.9 Å². The van der Waals surface area contributed by atoms with Crippen LogP contribution in [0.15, 0.2) is 131 Å². The molecule has 0 unspecified atom stereocenters. The van der Waals surface area contributed by atoms with Crippen LogP contribution in [-0.2, 0) is 37.8 Å². The molecule has 15 heteroatoms. The minimum Gasteiger partial charge on any atom is 1.00 e. The van der Waals surface area contributed by atoms with Crippen molar-refractivity contribution in [3.63, 3.8) is 0 Å². The Balaban J connectivity index is -0.000000107. The van der Waals surface area contributed by atoms with Crippen molar-refractivity contribution >= 4 is 165 Å². The molecule has 0 bridgehead atoms. The molecule has 1 radical (unpaired) electrons. The molecule has 0 saturated carbocycles. The van der Waals surface area contributed by atoms with Gasteiger partial charge in [0.1, 0.15) is 0 Å². The molecule has 4 nitrogen and oxygen atoms in total. The number of nitrogens with zero attached hydrogens (tertiary/aromatic N) is 1. The standard InChI is InChI=1S/C17H28O2.C15H23Br.C15H24.2C8H16.C7H8.C4H9O.2CH3I.CH4.BHNS.4HI.K.V/c1-16(2,3)13-17(4,5)15-8-6-14(7-9-15)12-19-11-10-18;1-14(2,3)11-15(4,5)13-8-6-12(10-16)7-9-13;1-12-7-9-13(10-8-12)15(5,6)11-14(2,3)4;2*1-7(2)6-8(3,4)5;1-7-5-3-2-4-6-7;1-4(2,3)5;2*1-2;;1-2-3;;;;;;/h6-9,18H,10-13H2,1-5H3;6-9H,10-11H2,1-5H3;7-10H,11H2,1-6H3;6H,1-5H3;1,6H2,2-5H3;2-6H,1H3;1-3H3;2*1H3;1H4;3H;4*1H;;/q;;;;;;-1;;;;;;;;;+1;+3/p-3. The van der Waals surface area contributed by atoms with Crippen LogP contribution < -0.4 is 56.5 Å². The molecule has 0 atom stereocenters. The SMILES string of the molecule is C.C=C(C)CC(C)(C)C.CC(C)(C)CC(C)(C)c1ccc(CBr)cc1.CC(C)(C)CC(C)(C)c1ccc(COCCO)cc1.CC(C)(C)[O-].CC(C)=CC(C)(C)C.CI.CI.Cc1ccc(C(C)(C)CC(C)(C)C)cc1.Cc1ccccc1.I.[B]=NS.[I][V]([I])[I].[K+]. The van der Waals surface area contributed by atoms with E-state index in [0.717, 1.165) is 23.7 Å². The quantitative estimate of drug-likeness (QED) is 0.0371. The molecule has 4 rings (SSSR count). The Kier molecular flexibility index (Phi) is 78.6. The molecular formula is C77H136BBrI6KNO3SV. The number of hydrogen-bond acceptors (Lipinski definition) is 5. The van der Waals surface area contributed by atoms with Crippen molar-refractivity contribution in [3.8, 4) is 0 Å². The van der Waals surface area contributed by atoms with Crippen LogP contribution in [-0.4, -0.2) is 41.4 Å². The van der Waals surface area contributed by atoms with Gasteiger partial charge in [-0.2, -0.15) is 0 Å². The van der Waals surface area contributed by atoms with E-state index < -0.39 is 5.60 Å². The van der Waals surface area contributed by atoms with Crippen LogP contribution >= 0.6 is 158 Å². The van der Waals surface area contributed by atoms with Gasteiger partial charge in [-0.3, -0.25) is 0 Å². The van der Waals surface area contributed by atoms with Crippen LogP contribution in [0.1, 0.15) is 259 Å². The molecule has 0 aromatic heterocycles. The van der Waals surface area contributed by atoms with Crippen molar-refractivity contribution in [3.05, 3.63) is 166 Å². The van der Waals surface area contributed by atoms with E-state index in [-0.39, 0.29) is 111 Å². The number of ether oxygens (including phenoxy) is 1. The van der Waals surface area contributed by atoms with Gasteiger partial charge < -0.3 is 14.9 Å². The zero-order valence-electron chi connectivity index (χ0n) is 63.6. The largest absolute Gasteiger partial charge is 1.00 e. The van der Waals surface area contributed by atoms with Crippen LogP contribution in [0.5, 0.6) is 0 Å². The maximum atomic E-state index is 10.1. The van der Waals surface area contributed by atoms with Crippen LogP contribution in [0.2, 0.25) is 0 Å². The Labute approximate surface area is 713 Å². The Bertz CT molecular complexity index is 2340. The van der Waals surface area contributed by atoms with E-state index in [1.54, 1.807) is 20.8 Å². The number of halogens is 7. The number of aliphatic hydroxyl groups excluding tert-OH is 1. The normalized spacial score (nSPS) is 10.9. The number of aliphatic hydroxyl groups is 1. The van der Waals surface area contributed by atoms with Gasteiger partial charge in [0.2, 0.25) is 0 Å². The first-order valence-electron chi connectivity index (χ1n) is 30.7. The number of thiol groups is 1. The Morgan fingerprint density at radius 3 is 1.00 bits per heavy atom. The van der Waals surface area contributed by atoms with Crippen molar-refractivity contribution in [2.45, 2.75) is 268 Å². The van der Waals surface area contributed by atoms with Gasteiger partial charge in [-0.05, 0) is 141 Å². The summed E-state index contributed by atoms with van der Waals surface area (Å²) in [5, 5.41) is 19.7. The maximum absolute atomic E-state index is 10.1. The zero-order valence-corrected chi connectivity index (χ0v) is 83.7. The Morgan fingerprint density at radius 2 is 0.826 bits per heavy atom. The van der Waals surface area contributed by atoms with E-state index in [0.29, 0.717) is 40.3 Å². The molecule has 0 spiro atoms. The van der Waals surface area contributed by atoms with Gasteiger partial charge in [-0.15, -0.1) is 36.2 Å². The molecule has 92 heavy (non-hydrogen) atoms. The minimum absolute atomic E-state index is 0. The molecule has 0 heterocycles. The monoisotopic (exact) mass is 2100 g/mol. The van der Waals surface area contributed by atoms with Crippen molar-refractivity contribution in [1.29, 1.82) is 0 Å². The third-order valence-corrected chi connectivity index (χ3v) is 12.0. The Morgan fingerprint density at radius 1 is 0.565 bits per heavy atom. The molecule has 531 valence electrons. The summed E-state index contributed by atoms with van der Waals surface area (Å²) in [4.78, 5) is 3.66. The van der Waals surface area contributed by atoms with Gasteiger partial charge in [0, 0.05) is 5.33 Å². The second-order valence-electron chi connectivity index (χ2n) is 31.4. The van der Waals surface area contributed by atoms with E-state index in [9.17, 15) is 5.11 Å². The number of rotatable bonds is 12. The van der Waals surface area contributed by atoms with Crippen molar-refractivity contribution in [2.75, 3.05) is 23.1 Å². The topological polar surface area (TPSA) is 64.9 Å². The number of allylic oxidation sites excluding steroid dienone is 3. The molecule has 0 aliphatic rings. The number of alkyl halides is 3. The first-order valence-corrected chi connectivity index (χ1v) is 50.0. The fourth-order valence-electron chi connectivity index (χ4n) is 9.95. The summed E-state index contributed by atoms with van der Waals surface area (Å²) in [5.41, 5.74) is 13.9. The predicted octanol–water partition coefficient (Wildman–Crippen LogP) is 25.2. The van der Waals surface area contributed by atoms with Gasteiger partial charge in [-0.1, -0.05) is 366 Å². The smallest absolute Gasteiger partial charge is 1.00 e. The molecular weight excluding hydrogens is 1960 g/mol. The van der Waals surface area contributed by atoms with E-state index in [2.05, 4.69) is 423 Å². The fraction of sp³-hybridized carbons (Fsp3) is 0.636. The van der Waals surface area contributed by atoms with E-state index >= 15 is 0 Å². The molecule has 4 aromatic carbocycles. The summed E-state index contributed by atoms with van der Waals surface area (Å²) in [6.45, 7) is 68.3. The second-order valence-corrected chi connectivity index (χ2v) is 67.6. The molecule has 0 saturated heterocycles. The van der Waals surface area contributed by atoms with Gasteiger partial charge in [0.15, 0.2) is 0 Å². The van der Waals surface area contributed by atoms with Crippen LogP contribution in [0.3, 0.4) is 0 Å². The molecule has 0 amide bonds. The third kappa shape index (κ3) is 89.6.